The van der Waals surface area contributed by atoms with Gasteiger partial charge >= 0.3 is 0 Å². The Balaban J connectivity index is 1.21. The summed E-state index contributed by atoms with van der Waals surface area (Å²) in [7, 11) is -3.48. The Morgan fingerprint density at radius 3 is 2.35 bits per heavy atom. The lowest BCUT2D eigenvalue weighted by Crippen LogP contribution is -2.61. The van der Waals surface area contributed by atoms with Gasteiger partial charge in [-0.05, 0) is 66.4 Å². The van der Waals surface area contributed by atoms with Crippen LogP contribution in [0.15, 0.2) is 77.7 Å². The molecule has 0 aliphatic carbocycles. The highest BCUT2D eigenvalue weighted by Gasteiger charge is 2.40. The van der Waals surface area contributed by atoms with Crippen LogP contribution in [0.3, 0.4) is 0 Å². The molecule has 160 valence electrons. The van der Waals surface area contributed by atoms with E-state index in [-0.39, 0.29) is 6.04 Å². The van der Waals surface area contributed by atoms with Crippen LogP contribution in [0.25, 0.3) is 0 Å². The molecule has 0 amide bonds. The number of fused-ring (bicyclic) bond motifs is 1. The van der Waals surface area contributed by atoms with Gasteiger partial charge in [0, 0.05) is 32.2 Å². The smallest absolute Gasteiger partial charge is 0.243 e. The molecule has 3 aromatic rings. The van der Waals surface area contributed by atoms with Crippen LogP contribution in [0.4, 0.5) is 0 Å². The van der Waals surface area contributed by atoms with Crippen molar-refractivity contribution in [3.05, 3.63) is 89.5 Å². The normalized spacial score (nSPS) is 17.7. The minimum Gasteiger partial charge on any atom is -0.457 e. The van der Waals surface area contributed by atoms with Gasteiger partial charge in [-0.2, -0.15) is 4.31 Å². The summed E-state index contributed by atoms with van der Waals surface area (Å²) >= 11 is 0. The highest BCUT2D eigenvalue weighted by Crippen LogP contribution is 2.30. The van der Waals surface area contributed by atoms with Crippen molar-refractivity contribution in [2.45, 2.75) is 30.8 Å². The van der Waals surface area contributed by atoms with Gasteiger partial charge in [0.25, 0.3) is 0 Å². The second-order valence-electron chi connectivity index (χ2n) is 8.36. The minimum atomic E-state index is -3.48. The first kappa shape index (κ1) is 20.2. The molecule has 2 aliphatic heterocycles. The van der Waals surface area contributed by atoms with Gasteiger partial charge in [-0.25, -0.2) is 8.42 Å². The monoisotopic (exact) mass is 434 g/mol. The van der Waals surface area contributed by atoms with E-state index in [4.69, 9.17) is 4.74 Å². The van der Waals surface area contributed by atoms with Crippen LogP contribution in [-0.2, 0) is 23.0 Å². The average molecular weight is 435 g/mol. The van der Waals surface area contributed by atoms with Crippen molar-refractivity contribution < 1.29 is 13.2 Å². The van der Waals surface area contributed by atoms with E-state index in [2.05, 4.69) is 29.2 Å². The lowest BCUT2D eigenvalue weighted by atomic mass is 9.97. The Labute approximate surface area is 183 Å². The standard InChI is InChI=1S/C25H26N2O3S/c1-19-5-4-8-24(15-19)30-23-9-11-25(12-10-23)31(28,29)27-17-22(18-27)26-14-13-20-6-2-3-7-21(20)16-26/h2-12,15,22H,13-14,16-18H2,1H3. The molecule has 6 heteroatoms. The fourth-order valence-corrected chi connectivity index (χ4v) is 5.83. The number of rotatable bonds is 5. The van der Waals surface area contributed by atoms with Crippen LogP contribution < -0.4 is 4.74 Å². The van der Waals surface area contributed by atoms with Gasteiger partial charge in [-0.3, -0.25) is 4.90 Å². The number of hydrogen-bond donors (Lipinski definition) is 0. The maximum atomic E-state index is 13.0. The van der Waals surface area contributed by atoms with E-state index < -0.39 is 10.0 Å². The Morgan fingerprint density at radius 2 is 1.61 bits per heavy atom. The van der Waals surface area contributed by atoms with Crippen molar-refractivity contribution in [2.24, 2.45) is 0 Å². The molecule has 0 bridgehead atoms. The highest BCUT2D eigenvalue weighted by molar-refractivity contribution is 7.89. The van der Waals surface area contributed by atoms with Crippen LogP contribution in [0.1, 0.15) is 16.7 Å². The number of benzene rings is 3. The zero-order valence-corrected chi connectivity index (χ0v) is 18.4. The maximum Gasteiger partial charge on any atom is 0.243 e. The van der Waals surface area contributed by atoms with E-state index in [0.717, 1.165) is 30.8 Å². The average Bonchev–Trinajstić information content (AvgIpc) is 2.73. The predicted octanol–water partition coefficient (Wildman–Crippen LogP) is 4.22. The summed E-state index contributed by atoms with van der Waals surface area (Å²) in [5, 5.41) is 0. The van der Waals surface area contributed by atoms with Gasteiger partial charge in [0.1, 0.15) is 11.5 Å². The van der Waals surface area contributed by atoms with E-state index in [9.17, 15) is 8.42 Å². The molecule has 0 spiro atoms. The number of sulfonamides is 1. The van der Waals surface area contributed by atoms with Crippen LogP contribution in [0.5, 0.6) is 11.5 Å². The van der Waals surface area contributed by atoms with Crippen molar-refractivity contribution in [3.8, 4) is 11.5 Å². The molecule has 0 N–H and O–H groups in total. The van der Waals surface area contributed by atoms with Crippen LogP contribution in [-0.4, -0.2) is 43.3 Å². The minimum absolute atomic E-state index is 0.284. The van der Waals surface area contributed by atoms with Crippen molar-refractivity contribution in [1.29, 1.82) is 0 Å². The lowest BCUT2D eigenvalue weighted by Gasteiger charge is -2.46. The first-order valence-corrected chi connectivity index (χ1v) is 12.1. The van der Waals surface area contributed by atoms with Crippen LogP contribution >= 0.6 is 0 Å². The molecule has 5 rings (SSSR count). The van der Waals surface area contributed by atoms with Gasteiger partial charge in [-0.1, -0.05) is 36.4 Å². The third-order valence-electron chi connectivity index (χ3n) is 6.19. The fraction of sp³-hybridized carbons (Fsp3) is 0.280. The molecule has 2 heterocycles. The first-order chi connectivity index (χ1) is 15.0. The molecule has 0 aromatic heterocycles. The number of aryl methyl sites for hydroxylation is 1. The third-order valence-corrected chi connectivity index (χ3v) is 8.04. The first-order valence-electron chi connectivity index (χ1n) is 10.6. The number of nitrogens with zero attached hydrogens (tertiary/aromatic N) is 2. The number of ether oxygens (including phenoxy) is 1. The molecule has 0 radical (unpaired) electrons. The lowest BCUT2D eigenvalue weighted by molar-refractivity contribution is 0.0769. The van der Waals surface area contributed by atoms with Crippen LogP contribution in [0.2, 0.25) is 0 Å². The Hall–Kier alpha value is -2.67. The Kier molecular flexibility index (Phi) is 5.30. The van der Waals surface area contributed by atoms with Gasteiger partial charge in [0.15, 0.2) is 0 Å². The summed E-state index contributed by atoms with van der Waals surface area (Å²) in [6, 6.07) is 23.3. The van der Waals surface area contributed by atoms with E-state index >= 15 is 0 Å². The molecular weight excluding hydrogens is 408 g/mol. The van der Waals surface area contributed by atoms with Gasteiger partial charge in [0.2, 0.25) is 10.0 Å². The molecule has 3 aromatic carbocycles. The van der Waals surface area contributed by atoms with Crippen molar-refractivity contribution in [1.82, 2.24) is 9.21 Å². The topological polar surface area (TPSA) is 49.9 Å². The summed E-state index contributed by atoms with van der Waals surface area (Å²) in [5.74, 6) is 1.36. The van der Waals surface area contributed by atoms with E-state index in [1.54, 1.807) is 28.6 Å². The Morgan fingerprint density at radius 1 is 0.871 bits per heavy atom. The van der Waals surface area contributed by atoms with Gasteiger partial charge < -0.3 is 4.74 Å². The highest BCUT2D eigenvalue weighted by atomic mass is 32.2. The summed E-state index contributed by atoms with van der Waals surface area (Å²) < 4.78 is 33.5. The van der Waals surface area contributed by atoms with Crippen LogP contribution in [0, 0.1) is 6.92 Å². The largest absolute Gasteiger partial charge is 0.457 e. The predicted molar refractivity (Wildman–Crippen MR) is 121 cm³/mol. The molecule has 1 saturated heterocycles. The second-order valence-corrected chi connectivity index (χ2v) is 10.3. The van der Waals surface area contributed by atoms with E-state index in [0.29, 0.717) is 23.7 Å². The van der Waals surface area contributed by atoms with E-state index in [1.807, 2.05) is 31.2 Å². The third kappa shape index (κ3) is 4.11. The Bertz CT molecular complexity index is 1190. The summed E-state index contributed by atoms with van der Waals surface area (Å²) in [5.41, 5.74) is 3.89. The van der Waals surface area contributed by atoms with Gasteiger partial charge in [0.05, 0.1) is 4.90 Å². The molecule has 2 aliphatic rings. The molecular formula is C25H26N2O3S. The van der Waals surface area contributed by atoms with Crippen molar-refractivity contribution >= 4 is 10.0 Å². The molecule has 31 heavy (non-hydrogen) atoms. The zero-order chi connectivity index (χ0) is 21.4. The zero-order valence-electron chi connectivity index (χ0n) is 17.6. The summed E-state index contributed by atoms with van der Waals surface area (Å²) in [4.78, 5) is 2.72. The molecule has 1 fully saturated rings. The molecule has 5 nitrogen and oxygen atoms in total. The molecule has 0 unspecified atom stereocenters. The second kappa shape index (κ2) is 8.11. The molecule has 0 atom stereocenters. The van der Waals surface area contributed by atoms with Gasteiger partial charge in [-0.15, -0.1) is 0 Å². The van der Waals surface area contributed by atoms with Crippen molar-refractivity contribution in [3.63, 3.8) is 0 Å². The fourth-order valence-electron chi connectivity index (χ4n) is 4.32. The quantitative estimate of drug-likeness (QED) is 0.603. The van der Waals surface area contributed by atoms with Crippen molar-refractivity contribution in [2.75, 3.05) is 19.6 Å². The maximum absolute atomic E-state index is 13.0. The SMILES string of the molecule is Cc1cccc(Oc2ccc(S(=O)(=O)N3CC(N4CCc5ccccc5C4)C3)cc2)c1. The van der Waals surface area contributed by atoms with E-state index in [1.165, 1.54) is 11.1 Å². The molecule has 0 saturated carbocycles. The number of hydrogen-bond acceptors (Lipinski definition) is 4. The summed E-state index contributed by atoms with van der Waals surface area (Å²) in [6.45, 7) is 4.99. The summed E-state index contributed by atoms with van der Waals surface area (Å²) in [6.07, 6.45) is 1.03.